The number of hydrogen-bond acceptors (Lipinski definition) is 6. The fourth-order valence-corrected chi connectivity index (χ4v) is 4.53. The van der Waals surface area contributed by atoms with Crippen LogP contribution in [0.1, 0.15) is 15.9 Å². The number of nitrogens with zero attached hydrogens (tertiary/aromatic N) is 4. The van der Waals surface area contributed by atoms with Crippen LogP contribution in [0.3, 0.4) is 0 Å². The van der Waals surface area contributed by atoms with Gasteiger partial charge in [-0.25, -0.2) is 19.3 Å². The highest BCUT2D eigenvalue weighted by atomic mass is 32.1. The third-order valence-electron chi connectivity index (χ3n) is 5.21. The van der Waals surface area contributed by atoms with E-state index in [-0.39, 0.29) is 18.3 Å². The van der Waals surface area contributed by atoms with Gasteiger partial charge in [-0.3, -0.25) is 4.79 Å². The second-order valence-corrected chi connectivity index (χ2v) is 8.27. The quantitative estimate of drug-likeness (QED) is 0.419. The lowest BCUT2D eigenvalue weighted by atomic mass is 10.1. The number of carbonyl (C=O) groups excluding carboxylic acids is 1. The van der Waals surface area contributed by atoms with Gasteiger partial charge in [-0.1, -0.05) is 41.7 Å². The molecule has 7 nitrogen and oxygen atoms in total. The van der Waals surface area contributed by atoms with Crippen LogP contribution in [0, 0.1) is 5.82 Å². The molecular weight excluding hydrogens is 427 g/mol. The van der Waals surface area contributed by atoms with Gasteiger partial charge in [0.15, 0.2) is 5.82 Å². The molecule has 0 saturated carbocycles. The maximum atomic E-state index is 13.8. The fourth-order valence-electron chi connectivity index (χ4n) is 3.59. The average molecular weight is 447 g/mol. The number of imidazole rings is 1. The Morgan fingerprint density at radius 3 is 2.78 bits per heavy atom. The largest absolute Gasteiger partial charge is 0.371 e. The zero-order chi connectivity index (χ0) is 22.2. The van der Waals surface area contributed by atoms with Crippen LogP contribution in [-0.2, 0) is 13.6 Å². The Morgan fingerprint density at radius 2 is 1.97 bits per heavy atom. The van der Waals surface area contributed by atoms with E-state index in [1.807, 2.05) is 30.8 Å². The van der Waals surface area contributed by atoms with Crippen LogP contribution in [0.15, 0.2) is 54.9 Å². The minimum absolute atomic E-state index is 0.117. The summed E-state index contributed by atoms with van der Waals surface area (Å²) in [4.78, 5) is 27.4. The van der Waals surface area contributed by atoms with Crippen LogP contribution in [-0.4, -0.2) is 32.5 Å². The van der Waals surface area contributed by atoms with Gasteiger partial charge >= 0.3 is 0 Å². The number of aryl methyl sites for hydroxylation is 1. The molecule has 0 spiro atoms. The van der Waals surface area contributed by atoms with Crippen LogP contribution in [0.4, 0.5) is 10.2 Å². The molecule has 5 rings (SSSR count). The molecule has 160 valence electrons. The monoisotopic (exact) mass is 446 g/mol. The highest BCUT2D eigenvalue weighted by molar-refractivity contribution is 7.21. The molecular formula is C23H19FN6OS. The van der Waals surface area contributed by atoms with Gasteiger partial charge in [0.25, 0.3) is 5.91 Å². The van der Waals surface area contributed by atoms with E-state index in [1.54, 1.807) is 36.7 Å². The summed E-state index contributed by atoms with van der Waals surface area (Å²) in [6, 6.07) is 13.6. The predicted molar refractivity (Wildman–Crippen MR) is 124 cm³/mol. The molecule has 0 fully saturated rings. The van der Waals surface area contributed by atoms with Gasteiger partial charge in [-0.2, -0.15) is 0 Å². The Bertz CT molecular complexity index is 1470. The second kappa shape index (κ2) is 8.01. The summed E-state index contributed by atoms with van der Waals surface area (Å²) in [6.45, 7) is 0.117. The summed E-state index contributed by atoms with van der Waals surface area (Å²) >= 11 is 1.45. The molecule has 9 heteroatoms. The Kier molecular flexibility index (Phi) is 5.02. The number of nitrogens with one attached hydrogen (secondary N) is 2. The maximum Gasteiger partial charge on any atom is 0.251 e. The average Bonchev–Trinajstić information content (AvgIpc) is 3.41. The molecule has 0 aliphatic rings. The molecule has 0 saturated heterocycles. The molecule has 0 atom stereocenters. The van der Waals surface area contributed by atoms with Gasteiger partial charge < -0.3 is 15.2 Å². The van der Waals surface area contributed by atoms with Crippen molar-refractivity contribution in [3.05, 3.63) is 71.8 Å². The number of benzene rings is 2. The number of fused-ring (bicyclic) bond motifs is 3. The number of thiazole rings is 1. The molecule has 32 heavy (non-hydrogen) atoms. The third-order valence-corrected chi connectivity index (χ3v) is 6.21. The second-order valence-electron chi connectivity index (χ2n) is 7.29. The third kappa shape index (κ3) is 3.46. The molecule has 5 aromatic rings. The van der Waals surface area contributed by atoms with Gasteiger partial charge in [0.1, 0.15) is 32.2 Å². The predicted octanol–water partition coefficient (Wildman–Crippen LogP) is 4.36. The van der Waals surface area contributed by atoms with E-state index in [0.29, 0.717) is 16.9 Å². The molecule has 3 heterocycles. The minimum Gasteiger partial charge on any atom is -0.371 e. The zero-order valence-corrected chi connectivity index (χ0v) is 18.2. The standard InChI is InChI=1S/C23H19FN6OS/c1-25-20-17-19(30(2)12-27-17)18-23(29-20)32-22(28-18)14-8-5-7-13(10-14)21(31)26-11-15-6-3-4-9-16(15)24/h3-10,12H,11H2,1-2H3,(H,25,29)(H,26,31). The Hall–Kier alpha value is -3.85. The number of amides is 1. The van der Waals surface area contributed by atoms with Crippen LogP contribution in [0.25, 0.3) is 32.0 Å². The molecule has 2 N–H and O–H groups in total. The highest BCUT2D eigenvalue weighted by Crippen LogP contribution is 2.35. The lowest BCUT2D eigenvalue weighted by Gasteiger charge is -2.07. The van der Waals surface area contributed by atoms with Gasteiger partial charge in [-0.05, 0) is 18.2 Å². The van der Waals surface area contributed by atoms with Crippen LogP contribution in [0.5, 0.6) is 0 Å². The first-order valence-corrected chi connectivity index (χ1v) is 10.8. The van der Waals surface area contributed by atoms with Crippen LogP contribution < -0.4 is 10.6 Å². The van der Waals surface area contributed by atoms with Gasteiger partial charge in [0, 0.05) is 37.3 Å². The number of hydrogen-bond donors (Lipinski definition) is 2. The SMILES string of the molecule is CNc1nc2sc(-c3cccc(C(=O)NCc4ccccc4F)c3)nc2c2c1ncn2C. The Labute approximate surface area is 187 Å². The minimum atomic E-state index is -0.342. The highest BCUT2D eigenvalue weighted by Gasteiger charge is 2.17. The lowest BCUT2D eigenvalue weighted by molar-refractivity contribution is 0.0950. The maximum absolute atomic E-state index is 13.8. The number of carbonyl (C=O) groups is 1. The van der Waals surface area contributed by atoms with E-state index in [4.69, 9.17) is 4.98 Å². The van der Waals surface area contributed by atoms with E-state index in [0.717, 1.165) is 32.0 Å². The van der Waals surface area contributed by atoms with Gasteiger partial charge in [0.05, 0.1) is 6.33 Å². The number of anilines is 1. The van der Waals surface area contributed by atoms with Crippen molar-refractivity contribution >= 4 is 44.4 Å². The van der Waals surface area contributed by atoms with Crippen molar-refractivity contribution < 1.29 is 9.18 Å². The molecule has 2 aromatic carbocycles. The molecule has 0 aliphatic heterocycles. The first-order valence-electron chi connectivity index (χ1n) is 9.96. The summed E-state index contributed by atoms with van der Waals surface area (Å²) in [5, 5.41) is 6.63. The number of aromatic nitrogens is 4. The van der Waals surface area contributed by atoms with Crippen molar-refractivity contribution in [2.75, 3.05) is 12.4 Å². The topological polar surface area (TPSA) is 84.7 Å². The first kappa shape index (κ1) is 20.1. The summed E-state index contributed by atoms with van der Waals surface area (Å²) < 4.78 is 15.8. The molecule has 3 aromatic heterocycles. The van der Waals surface area contributed by atoms with E-state index in [1.165, 1.54) is 17.4 Å². The molecule has 1 amide bonds. The van der Waals surface area contributed by atoms with E-state index >= 15 is 0 Å². The van der Waals surface area contributed by atoms with E-state index < -0.39 is 0 Å². The Balaban J connectivity index is 1.47. The van der Waals surface area contributed by atoms with Crippen molar-refractivity contribution in [1.82, 2.24) is 24.8 Å². The van der Waals surface area contributed by atoms with Gasteiger partial charge in [-0.15, -0.1) is 0 Å². The molecule has 0 bridgehead atoms. The van der Waals surface area contributed by atoms with Crippen molar-refractivity contribution in [2.24, 2.45) is 7.05 Å². The smallest absolute Gasteiger partial charge is 0.251 e. The van der Waals surface area contributed by atoms with Crippen molar-refractivity contribution in [1.29, 1.82) is 0 Å². The summed E-state index contributed by atoms with van der Waals surface area (Å²) in [5.74, 6) is 0.0800. The fraction of sp³-hybridized carbons (Fsp3) is 0.130. The summed E-state index contributed by atoms with van der Waals surface area (Å²) in [6.07, 6.45) is 1.74. The molecule has 0 unspecified atom stereocenters. The molecule has 0 aliphatic carbocycles. The summed E-state index contributed by atoms with van der Waals surface area (Å²) in [7, 11) is 3.74. The van der Waals surface area contributed by atoms with Crippen LogP contribution >= 0.6 is 11.3 Å². The first-order chi connectivity index (χ1) is 15.5. The van der Waals surface area contributed by atoms with E-state index in [2.05, 4.69) is 20.6 Å². The van der Waals surface area contributed by atoms with Crippen molar-refractivity contribution in [2.45, 2.75) is 6.54 Å². The van der Waals surface area contributed by atoms with E-state index in [9.17, 15) is 9.18 Å². The number of halogens is 1. The lowest BCUT2D eigenvalue weighted by Crippen LogP contribution is -2.23. The Morgan fingerprint density at radius 1 is 1.12 bits per heavy atom. The number of rotatable bonds is 5. The normalized spacial score (nSPS) is 11.2. The summed E-state index contributed by atoms with van der Waals surface area (Å²) in [5.41, 5.74) is 4.17. The number of pyridine rings is 1. The zero-order valence-electron chi connectivity index (χ0n) is 17.4. The van der Waals surface area contributed by atoms with Crippen molar-refractivity contribution in [3.63, 3.8) is 0 Å². The van der Waals surface area contributed by atoms with Gasteiger partial charge in [0.2, 0.25) is 0 Å². The molecule has 0 radical (unpaired) electrons. The van der Waals surface area contributed by atoms with Crippen molar-refractivity contribution in [3.8, 4) is 10.6 Å². The van der Waals surface area contributed by atoms with Crippen LogP contribution in [0.2, 0.25) is 0 Å².